The lowest BCUT2D eigenvalue weighted by Crippen LogP contribution is -2.33. The molecule has 0 rings (SSSR count). The Kier molecular flexibility index (Phi) is 15.7. The van der Waals surface area contributed by atoms with Crippen LogP contribution in [0.25, 0.3) is 0 Å². The summed E-state index contributed by atoms with van der Waals surface area (Å²) in [6.07, 6.45) is 17.8. The average Bonchev–Trinajstić information content (AvgIpc) is 2.56. The summed E-state index contributed by atoms with van der Waals surface area (Å²) in [4.78, 5) is 0. The van der Waals surface area contributed by atoms with E-state index in [0.717, 1.165) is 12.8 Å². The van der Waals surface area contributed by atoms with Crippen LogP contribution in [0.1, 0.15) is 96.8 Å². The van der Waals surface area contributed by atoms with Gasteiger partial charge >= 0.3 is 0 Å². The molecule has 0 saturated heterocycles. The van der Waals surface area contributed by atoms with Gasteiger partial charge in [-0.25, -0.2) is 0 Å². The van der Waals surface area contributed by atoms with E-state index in [4.69, 9.17) is 0 Å². The lowest BCUT2D eigenvalue weighted by atomic mass is 9.85. The first-order chi connectivity index (χ1) is 10.7. The Morgan fingerprint density at radius 3 is 1.14 bits per heavy atom. The molecule has 0 aromatic heterocycles. The fourth-order valence-corrected chi connectivity index (χ4v) is 2.90. The van der Waals surface area contributed by atoms with Gasteiger partial charge in [0.25, 0.3) is 0 Å². The van der Waals surface area contributed by atoms with Crippen LogP contribution >= 0.6 is 0 Å². The number of hydrogen-bond donors (Lipinski definition) is 3. The van der Waals surface area contributed by atoms with Crippen LogP contribution in [0.4, 0.5) is 0 Å². The molecule has 0 amide bonds. The highest BCUT2D eigenvalue weighted by atomic mass is 16.3. The van der Waals surface area contributed by atoms with Crippen LogP contribution in [-0.4, -0.2) is 35.1 Å². The second-order valence-corrected chi connectivity index (χ2v) is 6.97. The number of hydrogen-bond acceptors (Lipinski definition) is 3. The van der Waals surface area contributed by atoms with Crippen molar-refractivity contribution >= 4 is 0 Å². The molecule has 3 nitrogen and oxygen atoms in total. The van der Waals surface area contributed by atoms with Gasteiger partial charge in [-0.1, -0.05) is 90.4 Å². The summed E-state index contributed by atoms with van der Waals surface area (Å²) in [5.74, 6) is 0. The molecule has 3 N–H and O–H groups in total. The molecule has 0 fully saturated rings. The molecule has 0 spiro atoms. The topological polar surface area (TPSA) is 60.7 Å². The quantitative estimate of drug-likeness (QED) is 0.348. The van der Waals surface area contributed by atoms with Gasteiger partial charge in [-0.05, 0) is 6.42 Å². The molecule has 3 heteroatoms. The number of aliphatic hydroxyl groups is 3. The van der Waals surface area contributed by atoms with E-state index in [1.54, 1.807) is 0 Å². The van der Waals surface area contributed by atoms with Gasteiger partial charge in [0.15, 0.2) is 0 Å². The lowest BCUT2D eigenvalue weighted by Gasteiger charge is -2.27. The molecular formula is C19H40O3. The summed E-state index contributed by atoms with van der Waals surface area (Å²) in [6, 6.07) is 0. The maximum Gasteiger partial charge on any atom is 0.0531 e. The van der Waals surface area contributed by atoms with Crippen LogP contribution < -0.4 is 0 Å². The van der Waals surface area contributed by atoms with Gasteiger partial charge in [0.05, 0.1) is 19.8 Å². The first-order valence-electron chi connectivity index (χ1n) is 9.57. The highest BCUT2D eigenvalue weighted by Gasteiger charge is 2.26. The van der Waals surface area contributed by atoms with Gasteiger partial charge in [-0.2, -0.15) is 0 Å². The third-order valence-electron chi connectivity index (χ3n) is 4.82. The van der Waals surface area contributed by atoms with Crippen molar-refractivity contribution in [2.75, 3.05) is 19.8 Å². The molecule has 0 heterocycles. The monoisotopic (exact) mass is 316 g/mol. The Hall–Kier alpha value is -0.120. The molecule has 0 aromatic rings. The van der Waals surface area contributed by atoms with Crippen molar-refractivity contribution in [3.8, 4) is 0 Å². The van der Waals surface area contributed by atoms with E-state index in [0.29, 0.717) is 6.42 Å². The van der Waals surface area contributed by atoms with Crippen LogP contribution in [0.3, 0.4) is 0 Å². The van der Waals surface area contributed by atoms with Crippen LogP contribution in [0.5, 0.6) is 0 Å². The van der Waals surface area contributed by atoms with E-state index in [1.807, 2.05) is 0 Å². The fourth-order valence-electron chi connectivity index (χ4n) is 2.90. The standard InChI is InChI=1S/C19H40O3/c1-2-3-4-5-6-7-8-9-10-11-12-13-14-15-19(16-20,17-21)18-22/h20-22H,2-18H2,1H3. The molecule has 0 aliphatic rings. The molecule has 0 aliphatic carbocycles. The Balaban J connectivity index is 3.27. The smallest absolute Gasteiger partial charge is 0.0531 e. The molecule has 0 aromatic carbocycles. The van der Waals surface area contributed by atoms with Crippen molar-refractivity contribution in [1.82, 2.24) is 0 Å². The summed E-state index contributed by atoms with van der Waals surface area (Å²) < 4.78 is 0. The van der Waals surface area contributed by atoms with E-state index in [9.17, 15) is 15.3 Å². The minimum absolute atomic E-state index is 0.127. The van der Waals surface area contributed by atoms with E-state index >= 15 is 0 Å². The second-order valence-electron chi connectivity index (χ2n) is 6.97. The van der Waals surface area contributed by atoms with Gasteiger partial charge in [0.1, 0.15) is 0 Å². The normalized spacial score (nSPS) is 12.0. The maximum absolute atomic E-state index is 9.25. The Labute approximate surface area is 138 Å². The minimum atomic E-state index is -0.669. The molecule has 0 bridgehead atoms. The fraction of sp³-hybridized carbons (Fsp3) is 1.00. The summed E-state index contributed by atoms with van der Waals surface area (Å²) in [7, 11) is 0. The second kappa shape index (κ2) is 15.8. The molecule has 0 atom stereocenters. The molecule has 22 heavy (non-hydrogen) atoms. The zero-order chi connectivity index (χ0) is 16.5. The van der Waals surface area contributed by atoms with Gasteiger partial charge in [0, 0.05) is 5.41 Å². The van der Waals surface area contributed by atoms with Gasteiger partial charge in [-0.15, -0.1) is 0 Å². The highest BCUT2D eigenvalue weighted by Crippen LogP contribution is 2.24. The molecule has 0 unspecified atom stereocenters. The molecule has 134 valence electrons. The van der Waals surface area contributed by atoms with Crippen molar-refractivity contribution in [2.45, 2.75) is 96.8 Å². The number of rotatable bonds is 17. The number of unbranched alkanes of at least 4 members (excludes halogenated alkanes) is 12. The summed E-state index contributed by atoms with van der Waals surface area (Å²) in [5, 5.41) is 27.7. The van der Waals surface area contributed by atoms with Crippen molar-refractivity contribution < 1.29 is 15.3 Å². The van der Waals surface area contributed by atoms with E-state index in [1.165, 1.54) is 70.6 Å². The third kappa shape index (κ3) is 11.4. The van der Waals surface area contributed by atoms with Crippen LogP contribution in [0.2, 0.25) is 0 Å². The lowest BCUT2D eigenvalue weighted by molar-refractivity contribution is -0.00229. The molecule has 0 saturated carbocycles. The van der Waals surface area contributed by atoms with E-state index < -0.39 is 5.41 Å². The first kappa shape index (κ1) is 21.9. The Bertz CT molecular complexity index is 206. The first-order valence-corrected chi connectivity index (χ1v) is 9.57. The molecular weight excluding hydrogens is 276 g/mol. The highest BCUT2D eigenvalue weighted by molar-refractivity contribution is 4.76. The summed E-state index contributed by atoms with van der Waals surface area (Å²) >= 11 is 0. The average molecular weight is 317 g/mol. The predicted octanol–water partition coefficient (Wildman–Crippen LogP) is 4.43. The third-order valence-corrected chi connectivity index (χ3v) is 4.82. The van der Waals surface area contributed by atoms with Crippen molar-refractivity contribution in [2.24, 2.45) is 5.41 Å². The molecule has 0 radical (unpaired) electrons. The Morgan fingerprint density at radius 1 is 0.500 bits per heavy atom. The van der Waals surface area contributed by atoms with Gasteiger partial charge in [-0.3, -0.25) is 0 Å². The van der Waals surface area contributed by atoms with Crippen LogP contribution in [-0.2, 0) is 0 Å². The van der Waals surface area contributed by atoms with E-state index in [2.05, 4.69) is 6.92 Å². The summed E-state index contributed by atoms with van der Waals surface area (Å²) in [6.45, 7) is 1.88. The number of aliphatic hydroxyl groups excluding tert-OH is 3. The summed E-state index contributed by atoms with van der Waals surface area (Å²) in [5.41, 5.74) is -0.669. The maximum atomic E-state index is 9.25. The zero-order valence-corrected chi connectivity index (χ0v) is 14.9. The Morgan fingerprint density at radius 2 is 0.818 bits per heavy atom. The minimum Gasteiger partial charge on any atom is -0.396 e. The largest absolute Gasteiger partial charge is 0.396 e. The van der Waals surface area contributed by atoms with Crippen molar-refractivity contribution in [1.29, 1.82) is 0 Å². The van der Waals surface area contributed by atoms with Crippen LogP contribution in [0.15, 0.2) is 0 Å². The van der Waals surface area contributed by atoms with E-state index in [-0.39, 0.29) is 19.8 Å². The van der Waals surface area contributed by atoms with Crippen molar-refractivity contribution in [3.63, 3.8) is 0 Å². The predicted molar refractivity (Wildman–Crippen MR) is 94.0 cm³/mol. The van der Waals surface area contributed by atoms with Gasteiger partial charge < -0.3 is 15.3 Å². The SMILES string of the molecule is CCCCCCCCCCCCCCCC(CO)(CO)CO. The van der Waals surface area contributed by atoms with Crippen molar-refractivity contribution in [3.05, 3.63) is 0 Å². The van der Waals surface area contributed by atoms with Gasteiger partial charge in [0.2, 0.25) is 0 Å². The van der Waals surface area contributed by atoms with Crippen LogP contribution in [0, 0.1) is 5.41 Å². The zero-order valence-electron chi connectivity index (χ0n) is 14.9. The molecule has 0 aliphatic heterocycles.